The monoisotopic (exact) mass is 249 g/mol. The van der Waals surface area contributed by atoms with Crippen molar-refractivity contribution in [2.75, 3.05) is 14.2 Å². The number of aromatic nitrogens is 3. The average Bonchev–Trinajstić information content (AvgIpc) is 2.37. The quantitative estimate of drug-likeness (QED) is 0.845. The number of nitrogens with zero attached hydrogens (tertiary/aromatic N) is 2. The molecule has 0 bridgehead atoms. The number of ether oxygens (including phenoxy) is 2. The number of rotatable bonds is 3. The van der Waals surface area contributed by atoms with Gasteiger partial charge in [0.25, 0.3) is 6.01 Å². The van der Waals surface area contributed by atoms with Crippen LogP contribution in [0.1, 0.15) is 0 Å². The van der Waals surface area contributed by atoms with E-state index in [2.05, 4.69) is 15.0 Å². The normalized spacial score (nSPS) is 10.0. The fourth-order valence-corrected chi connectivity index (χ4v) is 1.60. The van der Waals surface area contributed by atoms with Gasteiger partial charge in [-0.15, -0.1) is 0 Å². The van der Waals surface area contributed by atoms with Crippen molar-refractivity contribution >= 4 is 12.2 Å². The highest BCUT2D eigenvalue weighted by Crippen LogP contribution is 2.26. The predicted octanol–water partition coefficient (Wildman–Crippen LogP) is 2.22. The SMILES string of the molecule is COc1nc(=S)nc(-c2ccccc2OC)[nH]1. The summed E-state index contributed by atoms with van der Waals surface area (Å²) >= 11 is 4.97. The first kappa shape index (κ1) is 11.5. The molecule has 2 rings (SSSR count). The summed E-state index contributed by atoms with van der Waals surface area (Å²) in [7, 11) is 3.12. The van der Waals surface area contributed by atoms with E-state index in [4.69, 9.17) is 21.7 Å². The topological polar surface area (TPSA) is 60.0 Å². The molecule has 88 valence electrons. The van der Waals surface area contributed by atoms with Gasteiger partial charge in [-0.05, 0) is 24.4 Å². The summed E-state index contributed by atoms with van der Waals surface area (Å²) in [5.74, 6) is 1.28. The van der Waals surface area contributed by atoms with E-state index in [1.54, 1.807) is 7.11 Å². The fraction of sp³-hybridized carbons (Fsp3) is 0.182. The molecule has 6 heteroatoms. The Bertz CT molecular complexity index is 583. The van der Waals surface area contributed by atoms with Gasteiger partial charge in [-0.3, -0.25) is 4.98 Å². The van der Waals surface area contributed by atoms with Crippen LogP contribution >= 0.6 is 12.2 Å². The lowest BCUT2D eigenvalue weighted by Gasteiger charge is -2.08. The highest BCUT2D eigenvalue weighted by atomic mass is 32.1. The van der Waals surface area contributed by atoms with E-state index in [9.17, 15) is 0 Å². The molecule has 0 radical (unpaired) electrons. The third kappa shape index (κ3) is 2.42. The number of hydrogen-bond acceptors (Lipinski definition) is 5. The molecule has 5 nitrogen and oxygen atoms in total. The Hall–Kier alpha value is -1.95. The van der Waals surface area contributed by atoms with Crippen molar-refractivity contribution in [1.29, 1.82) is 0 Å². The first-order chi connectivity index (χ1) is 8.24. The molecule has 0 atom stereocenters. The van der Waals surface area contributed by atoms with Gasteiger partial charge in [-0.2, -0.15) is 9.97 Å². The van der Waals surface area contributed by atoms with E-state index in [0.717, 1.165) is 5.56 Å². The second kappa shape index (κ2) is 4.92. The van der Waals surface area contributed by atoms with Crippen LogP contribution in [0, 0.1) is 4.77 Å². The zero-order valence-electron chi connectivity index (χ0n) is 9.43. The van der Waals surface area contributed by atoms with E-state index < -0.39 is 0 Å². The molecule has 0 saturated heterocycles. The maximum atomic E-state index is 5.26. The standard InChI is InChI=1S/C11H11N3O2S/c1-15-8-6-4-3-5-7(8)9-12-10(16-2)14-11(17)13-9/h3-6H,1-2H3,(H,12,13,14,17). The number of H-pyrrole nitrogens is 1. The average molecular weight is 249 g/mol. The van der Waals surface area contributed by atoms with Crippen LogP contribution < -0.4 is 9.47 Å². The Labute approximate surface area is 103 Å². The van der Waals surface area contributed by atoms with Crippen LogP contribution in [-0.2, 0) is 0 Å². The molecule has 0 aliphatic carbocycles. The van der Waals surface area contributed by atoms with Gasteiger partial charge in [0, 0.05) is 0 Å². The lowest BCUT2D eigenvalue weighted by molar-refractivity contribution is 0.377. The van der Waals surface area contributed by atoms with E-state index >= 15 is 0 Å². The highest BCUT2D eigenvalue weighted by Gasteiger charge is 2.08. The van der Waals surface area contributed by atoms with Gasteiger partial charge >= 0.3 is 0 Å². The van der Waals surface area contributed by atoms with E-state index in [1.165, 1.54) is 7.11 Å². The van der Waals surface area contributed by atoms with Crippen LogP contribution in [0.5, 0.6) is 11.8 Å². The molecule has 0 spiro atoms. The summed E-state index contributed by atoms with van der Waals surface area (Å²) in [6.45, 7) is 0. The van der Waals surface area contributed by atoms with E-state index in [0.29, 0.717) is 17.6 Å². The summed E-state index contributed by atoms with van der Waals surface area (Å²) < 4.78 is 10.5. The summed E-state index contributed by atoms with van der Waals surface area (Å²) in [5.41, 5.74) is 0.807. The Kier molecular flexibility index (Phi) is 3.34. The van der Waals surface area contributed by atoms with Crippen LogP contribution in [0.15, 0.2) is 24.3 Å². The third-order valence-electron chi connectivity index (χ3n) is 2.19. The number of para-hydroxylation sites is 1. The molecular weight excluding hydrogens is 238 g/mol. The highest BCUT2D eigenvalue weighted by molar-refractivity contribution is 7.71. The number of aromatic amines is 1. The van der Waals surface area contributed by atoms with E-state index in [-0.39, 0.29) is 4.77 Å². The minimum atomic E-state index is 0.224. The van der Waals surface area contributed by atoms with Gasteiger partial charge in [0.2, 0.25) is 4.77 Å². The second-order valence-electron chi connectivity index (χ2n) is 3.19. The Morgan fingerprint density at radius 2 is 1.88 bits per heavy atom. The molecule has 1 aromatic heterocycles. The molecule has 0 fully saturated rings. The van der Waals surface area contributed by atoms with Crippen molar-refractivity contribution in [2.45, 2.75) is 0 Å². The summed E-state index contributed by atoms with van der Waals surface area (Å²) in [4.78, 5) is 11.0. The lowest BCUT2D eigenvalue weighted by Crippen LogP contribution is -1.99. The van der Waals surface area contributed by atoms with Crippen molar-refractivity contribution in [1.82, 2.24) is 15.0 Å². The van der Waals surface area contributed by atoms with Crippen molar-refractivity contribution < 1.29 is 9.47 Å². The van der Waals surface area contributed by atoms with Gasteiger partial charge < -0.3 is 9.47 Å². The third-order valence-corrected chi connectivity index (χ3v) is 2.37. The van der Waals surface area contributed by atoms with Gasteiger partial charge in [-0.25, -0.2) is 0 Å². The maximum Gasteiger partial charge on any atom is 0.297 e. The Balaban J connectivity index is 2.59. The second-order valence-corrected chi connectivity index (χ2v) is 3.55. The number of methoxy groups -OCH3 is 2. The smallest absolute Gasteiger partial charge is 0.297 e. The molecule has 0 amide bonds. The Morgan fingerprint density at radius 1 is 1.12 bits per heavy atom. The molecular formula is C11H11N3O2S. The van der Waals surface area contributed by atoms with Crippen molar-refractivity contribution in [3.63, 3.8) is 0 Å². The van der Waals surface area contributed by atoms with Crippen LogP contribution in [0.3, 0.4) is 0 Å². The molecule has 0 aliphatic rings. The van der Waals surface area contributed by atoms with Crippen LogP contribution in [0.2, 0.25) is 0 Å². The van der Waals surface area contributed by atoms with E-state index in [1.807, 2.05) is 24.3 Å². The molecule has 17 heavy (non-hydrogen) atoms. The number of nitrogens with one attached hydrogen (secondary N) is 1. The summed E-state index contributed by atoms with van der Waals surface area (Å²) in [6.07, 6.45) is 0. The zero-order chi connectivity index (χ0) is 12.3. The minimum absolute atomic E-state index is 0.224. The number of benzene rings is 1. The summed E-state index contributed by atoms with van der Waals surface area (Å²) in [5, 5.41) is 0. The predicted molar refractivity (Wildman–Crippen MR) is 65.8 cm³/mol. The zero-order valence-corrected chi connectivity index (χ0v) is 10.2. The van der Waals surface area contributed by atoms with Crippen LogP contribution in [-0.4, -0.2) is 29.2 Å². The molecule has 0 unspecified atom stereocenters. The van der Waals surface area contributed by atoms with Crippen molar-refractivity contribution in [2.24, 2.45) is 0 Å². The lowest BCUT2D eigenvalue weighted by atomic mass is 10.2. The largest absolute Gasteiger partial charge is 0.496 e. The molecule has 1 heterocycles. The van der Waals surface area contributed by atoms with Crippen molar-refractivity contribution in [3.05, 3.63) is 29.0 Å². The first-order valence-electron chi connectivity index (χ1n) is 4.90. The van der Waals surface area contributed by atoms with Gasteiger partial charge in [-0.1, -0.05) is 12.1 Å². The molecule has 0 aliphatic heterocycles. The minimum Gasteiger partial charge on any atom is -0.496 e. The number of hydrogen-bond donors (Lipinski definition) is 1. The van der Waals surface area contributed by atoms with Gasteiger partial charge in [0.15, 0.2) is 0 Å². The molecule has 1 N–H and O–H groups in total. The molecule has 2 aromatic rings. The van der Waals surface area contributed by atoms with Crippen LogP contribution in [0.4, 0.5) is 0 Å². The van der Waals surface area contributed by atoms with Crippen molar-refractivity contribution in [3.8, 4) is 23.1 Å². The molecule has 1 aromatic carbocycles. The fourth-order valence-electron chi connectivity index (χ4n) is 1.43. The van der Waals surface area contributed by atoms with Gasteiger partial charge in [0.1, 0.15) is 11.6 Å². The van der Waals surface area contributed by atoms with Gasteiger partial charge in [0.05, 0.1) is 19.8 Å². The first-order valence-corrected chi connectivity index (χ1v) is 5.31. The Morgan fingerprint density at radius 3 is 2.59 bits per heavy atom. The maximum absolute atomic E-state index is 5.26. The summed E-state index contributed by atoms with van der Waals surface area (Å²) in [6, 6.07) is 7.83. The molecule has 0 saturated carbocycles. The van der Waals surface area contributed by atoms with Crippen LogP contribution in [0.25, 0.3) is 11.4 Å².